The van der Waals surface area contributed by atoms with Crippen LogP contribution in [0.25, 0.3) is 0 Å². The van der Waals surface area contributed by atoms with Crippen LogP contribution in [-0.2, 0) is 0 Å². The number of pyridine rings is 1. The molecule has 0 saturated carbocycles. The maximum absolute atomic E-state index is 12.4. The van der Waals surface area contributed by atoms with Crippen LogP contribution in [-0.4, -0.2) is 42.0 Å². The summed E-state index contributed by atoms with van der Waals surface area (Å²) < 4.78 is 0. The van der Waals surface area contributed by atoms with Crippen LogP contribution in [0, 0.1) is 12.8 Å². The van der Waals surface area contributed by atoms with E-state index in [2.05, 4.69) is 17.2 Å². The van der Waals surface area contributed by atoms with Crippen molar-refractivity contribution in [2.45, 2.75) is 32.7 Å². The van der Waals surface area contributed by atoms with Crippen molar-refractivity contribution in [3.05, 3.63) is 29.6 Å². The van der Waals surface area contributed by atoms with E-state index in [0.29, 0.717) is 17.5 Å². The highest BCUT2D eigenvalue weighted by Gasteiger charge is 2.29. The van der Waals surface area contributed by atoms with Gasteiger partial charge in [-0.25, -0.2) is 0 Å². The molecule has 2 heterocycles. The molecule has 1 amide bonds. The largest absolute Gasteiger partial charge is 0.338 e. The van der Waals surface area contributed by atoms with Gasteiger partial charge >= 0.3 is 0 Å². The molecule has 2 unspecified atom stereocenters. The Balaban J connectivity index is 2.06. The Bertz CT molecular complexity index is 430. The predicted octanol–water partition coefficient (Wildman–Crippen LogP) is 1.85. The summed E-state index contributed by atoms with van der Waals surface area (Å²) in [5, 5.41) is 3.36. The Kier molecular flexibility index (Phi) is 4.53. The van der Waals surface area contributed by atoms with Gasteiger partial charge < -0.3 is 10.2 Å². The van der Waals surface area contributed by atoms with Crippen molar-refractivity contribution in [1.82, 2.24) is 15.2 Å². The first-order chi connectivity index (χ1) is 9.15. The van der Waals surface area contributed by atoms with Gasteiger partial charge in [0, 0.05) is 31.0 Å². The molecule has 1 N–H and O–H groups in total. The van der Waals surface area contributed by atoms with Crippen LogP contribution < -0.4 is 5.32 Å². The van der Waals surface area contributed by atoms with Gasteiger partial charge in [0.05, 0.1) is 5.56 Å². The molecule has 1 saturated heterocycles. The maximum atomic E-state index is 12.4. The summed E-state index contributed by atoms with van der Waals surface area (Å²) >= 11 is 0. The fraction of sp³-hybridized carbons (Fsp3) is 0.600. The summed E-state index contributed by atoms with van der Waals surface area (Å²) in [5.74, 6) is 0.654. The number of hydrogen-bond donors (Lipinski definition) is 1. The first-order valence-electron chi connectivity index (χ1n) is 7.05. The summed E-state index contributed by atoms with van der Waals surface area (Å²) in [5.41, 5.74) is 1.64. The molecule has 1 fully saturated rings. The van der Waals surface area contributed by atoms with Crippen molar-refractivity contribution in [2.75, 3.05) is 20.1 Å². The maximum Gasteiger partial charge on any atom is 0.255 e. The third-order valence-corrected chi connectivity index (χ3v) is 4.07. The summed E-state index contributed by atoms with van der Waals surface area (Å²) in [6.45, 7) is 5.79. The number of aromatic nitrogens is 1. The molecule has 1 aliphatic rings. The average Bonchev–Trinajstić information content (AvgIpc) is 2.46. The molecule has 0 spiro atoms. The van der Waals surface area contributed by atoms with Gasteiger partial charge in [-0.15, -0.1) is 0 Å². The van der Waals surface area contributed by atoms with E-state index in [-0.39, 0.29) is 5.91 Å². The van der Waals surface area contributed by atoms with Gasteiger partial charge in [-0.05, 0) is 38.4 Å². The summed E-state index contributed by atoms with van der Waals surface area (Å²) in [7, 11) is 2.01. The molecule has 0 bridgehead atoms. The molecule has 0 aromatic carbocycles. The number of carbonyl (C=O) groups excluding carboxylic acids is 1. The zero-order chi connectivity index (χ0) is 13.8. The van der Waals surface area contributed by atoms with Crippen LogP contribution in [0.5, 0.6) is 0 Å². The normalized spacial score (nSPS) is 23.4. The zero-order valence-corrected chi connectivity index (χ0v) is 12.0. The zero-order valence-electron chi connectivity index (χ0n) is 12.0. The lowest BCUT2D eigenvalue weighted by Gasteiger charge is -2.38. The lowest BCUT2D eigenvalue weighted by Crippen LogP contribution is -2.50. The predicted molar refractivity (Wildman–Crippen MR) is 76.1 cm³/mol. The topological polar surface area (TPSA) is 45.2 Å². The van der Waals surface area contributed by atoms with E-state index in [4.69, 9.17) is 0 Å². The summed E-state index contributed by atoms with van der Waals surface area (Å²) in [6.07, 6.45) is 3.81. The molecule has 1 aromatic heterocycles. The number of hydrogen-bond acceptors (Lipinski definition) is 3. The van der Waals surface area contributed by atoms with Crippen molar-refractivity contribution in [3.63, 3.8) is 0 Å². The van der Waals surface area contributed by atoms with Crippen molar-refractivity contribution in [3.8, 4) is 0 Å². The van der Waals surface area contributed by atoms with Crippen LogP contribution in [0.1, 0.15) is 35.8 Å². The first kappa shape index (κ1) is 14.0. The van der Waals surface area contributed by atoms with Gasteiger partial charge in [0.1, 0.15) is 0 Å². The minimum Gasteiger partial charge on any atom is -0.338 e. The van der Waals surface area contributed by atoms with E-state index in [9.17, 15) is 4.79 Å². The molecule has 0 aliphatic carbocycles. The molecular weight excluding hydrogens is 238 g/mol. The van der Waals surface area contributed by atoms with Gasteiger partial charge in [0.2, 0.25) is 0 Å². The third kappa shape index (κ3) is 3.13. The lowest BCUT2D eigenvalue weighted by atomic mass is 9.90. The van der Waals surface area contributed by atoms with Crippen molar-refractivity contribution in [1.29, 1.82) is 0 Å². The Labute approximate surface area is 115 Å². The number of nitrogens with zero attached hydrogens (tertiary/aromatic N) is 2. The number of nitrogens with one attached hydrogen (secondary N) is 1. The third-order valence-electron chi connectivity index (χ3n) is 4.07. The quantitative estimate of drug-likeness (QED) is 0.903. The van der Waals surface area contributed by atoms with Gasteiger partial charge in [-0.3, -0.25) is 9.78 Å². The number of carbonyl (C=O) groups is 1. The Morgan fingerprint density at radius 2 is 2.32 bits per heavy atom. The standard InChI is InChI=1S/C15H23N3O/c1-4-12-10-18(8-7-14(12)16-3)15(19)13-6-5-11(2)17-9-13/h5-6,9,12,14,16H,4,7-8,10H2,1-3H3. The van der Waals surface area contributed by atoms with E-state index in [1.165, 1.54) is 0 Å². The number of rotatable bonds is 3. The van der Waals surface area contributed by atoms with E-state index in [1.807, 2.05) is 31.0 Å². The van der Waals surface area contributed by atoms with Crippen LogP contribution in [0.3, 0.4) is 0 Å². The van der Waals surface area contributed by atoms with E-state index in [0.717, 1.165) is 31.6 Å². The first-order valence-corrected chi connectivity index (χ1v) is 7.05. The van der Waals surface area contributed by atoms with Crippen LogP contribution in [0.2, 0.25) is 0 Å². The highest BCUT2D eigenvalue weighted by molar-refractivity contribution is 5.94. The molecule has 104 valence electrons. The van der Waals surface area contributed by atoms with Crippen molar-refractivity contribution in [2.24, 2.45) is 5.92 Å². The Morgan fingerprint density at radius 3 is 2.89 bits per heavy atom. The number of likely N-dealkylation sites (tertiary alicyclic amines) is 1. The Hall–Kier alpha value is -1.42. The fourth-order valence-electron chi connectivity index (χ4n) is 2.79. The SMILES string of the molecule is CCC1CN(C(=O)c2ccc(C)nc2)CCC1NC. The molecule has 1 aliphatic heterocycles. The second-order valence-electron chi connectivity index (χ2n) is 5.29. The smallest absolute Gasteiger partial charge is 0.255 e. The molecular formula is C15H23N3O. The molecule has 0 radical (unpaired) electrons. The monoisotopic (exact) mass is 261 g/mol. The minimum absolute atomic E-state index is 0.112. The van der Waals surface area contributed by atoms with Crippen molar-refractivity contribution < 1.29 is 4.79 Å². The lowest BCUT2D eigenvalue weighted by molar-refractivity contribution is 0.0631. The van der Waals surface area contributed by atoms with Crippen LogP contribution >= 0.6 is 0 Å². The van der Waals surface area contributed by atoms with E-state index >= 15 is 0 Å². The van der Waals surface area contributed by atoms with Crippen LogP contribution in [0.4, 0.5) is 0 Å². The molecule has 2 atom stereocenters. The second kappa shape index (κ2) is 6.15. The average molecular weight is 261 g/mol. The van der Waals surface area contributed by atoms with Gasteiger partial charge in [-0.2, -0.15) is 0 Å². The molecule has 19 heavy (non-hydrogen) atoms. The van der Waals surface area contributed by atoms with Crippen LogP contribution in [0.15, 0.2) is 18.3 Å². The second-order valence-corrected chi connectivity index (χ2v) is 5.29. The fourth-order valence-corrected chi connectivity index (χ4v) is 2.79. The van der Waals surface area contributed by atoms with E-state index < -0.39 is 0 Å². The number of amides is 1. The molecule has 2 rings (SSSR count). The number of aryl methyl sites for hydroxylation is 1. The van der Waals surface area contributed by atoms with Gasteiger partial charge in [0.15, 0.2) is 0 Å². The Morgan fingerprint density at radius 1 is 1.53 bits per heavy atom. The minimum atomic E-state index is 0.112. The molecule has 1 aromatic rings. The summed E-state index contributed by atoms with van der Waals surface area (Å²) in [4.78, 5) is 18.6. The molecule has 4 heteroatoms. The van der Waals surface area contributed by atoms with Crippen molar-refractivity contribution >= 4 is 5.91 Å². The van der Waals surface area contributed by atoms with Gasteiger partial charge in [0.25, 0.3) is 5.91 Å². The van der Waals surface area contributed by atoms with E-state index in [1.54, 1.807) is 6.20 Å². The highest BCUT2D eigenvalue weighted by Crippen LogP contribution is 2.21. The van der Waals surface area contributed by atoms with Gasteiger partial charge in [-0.1, -0.05) is 13.3 Å². The molecule has 4 nitrogen and oxygen atoms in total. The summed E-state index contributed by atoms with van der Waals surface area (Å²) in [6, 6.07) is 4.30. The highest BCUT2D eigenvalue weighted by atomic mass is 16.2. The number of piperidine rings is 1.